The van der Waals surface area contributed by atoms with Crippen LogP contribution in [0.25, 0.3) is 10.9 Å². The largest absolute Gasteiger partial charge is 0.324 e. The molecule has 30 heavy (non-hydrogen) atoms. The Hall–Kier alpha value is -3.55. The number of hydrogen-bond acceptors (Lipinski definition) is 5. The molecule has 0 aliphatic heterocycles. The Morgan fingerprint density at radius 3 is 2.57 bits per heavy atom. The van der Waals surface area contributed by atoms with E-state index in [0.29, 0.717) is 17.0 Å². The molecule has 1 amide bonds. The van der Waals surface area contributed by atoms with Gasteiger partial charge >= 0.3 is 0 Å². The van der Waals surface area contributed by atoms with E-state index < -0.39 is 0 Å². The fraction of sp³-hybridized carbons (Fsp3) is 0.318. The lowest BCUT2D eigenvalue weighted by molar-refractivity contribution is -0.115. The molecule has 8 heteroatoms. The van der Waals surface area contributed by atoms with Crippen molar-refractivity contribution in [3.63, 3.8) is 0 Å². The second-order valence-corrected chi connectivity index (χ2v) is 7.81. The molecule has 0 fully saturated rings. The predicted molar refractivity (Wildman–Crippen MR) is 117 cm³/mol. The first-order valence-corrected chi connectivity index (χ1v) is 9.83. The van der Waals surface area contributed by atoms with E-state index in [1.54, 1.807) is 10.7 Å². The van der Waals surface area contributed by atoms with E-state index in [2.05, 4.69) is 24.3 Å². The molecule has 3 aromatic rings. The van der Waals surface area contributed by atoms with Gasteiger partial charge in [-0.25, -0.2) is 0 Å². The zero-order valence-corrected chi connectivity index (χ0v) is 17.6. The zero-order valence-electron chi connectivity index (χ0n) is 17.6. The number of rotatable bonds is 6. The number of benzene rings is 1. The molecule has 0 aliphatic rings. The fourth-order valence-electron chi connectivity index (χ4n) is 3.24. The Kier molecular flexibility index (Phi) is 5.96. The van der Waals surface area contributed by atoms with Crippen LogP contribution in [0.5, 0.6) is 0 Å². The highest BCUT2D eigenvalue weighted by Gasteiger charge is 2.17. The molecule has 8 nitrogen and oxygen atoms in total. The van der Waals surface area contributed by atoms with Crippen LogP contribution in [0.1, 0.15) is 50.9 Å². The lowest BCUT2D eigenvalue weighted by Gasteiger charge is -2.17. The monoisotopic (exact) mass is 406 g/mol. The summed E-state index contributed by atoms with van der Waals surface area (Å²) in [7, 11) is 0. The maximum absolute atomic E-state index is 13.0. The smallest absolute Gasteiger partial charge is 0.230 e. The molecule has 0 bridgehead atoms. The molecule has 0 radical (unpaired) electrons. The molecule has 156 valence electrons. The highest BCUT2D eigenvalue weighted by molar-refractivity contribution is 5.92. The Morgan fingerprint density at radius 2 is 1.93 bits per heavy atom. The molecular formula is C22H26N6O2. The van der Waals surface area contributed by atoms with E-state index in [9.17, 15) is 9.59 Å². The second kappa shape index (κ2) is 8.44. The third-order valence-electron chi connectivity index (χ3n) is 4.89. The van der Waals surface area contributed by atoms with Crippen LogP contribution < -0.4 is 16.2 Å². The summed E-state index contributed by atoms with van der Waals surface area (Å²) in [5, 5.41) is 22.7. The lowest BCUT2D eigenvalue weighted by atomic mass is 10.0. The first kappa shape index (κ1) is 21.2. The van der Waals surface area contributed by atoms with E-state index in [-0.39, 0.29) is 35.0 Å². The number of fused-ring (bicyclic) bond motifs is 1. The zero-order chi connectivity index (χ0) is 22.0. The number of carbonyl (C=O) groups excluding carboxylic acids is 1. The fourth-order valence-corrected chi connectivity index (χ4v) is 3.24. The van der Waals surface area contributed by atoms with Gasteiger partial charge in [0.2, 0.25) is 11.3 Å². The predicted octanol–water partition coefficient (Wildman–Crippen LogP) is 3.02. The van der Waals surface area contributed by atoms with Gasteiger partial charge in [0.25, 0.3) is 0 Å². The number of nitrogens with zero attached hydrogens (tertiary/aromatic N) is 3. The average molecular weight is 406 g/mol. The molecule has 0 spiro atoms. The molecule has 2 heterocycles. The molecule has 1 aromatic carbocycles. The topological polar surface area (TPSA) is 117 Å². The number of carbonyl (C=O) groups is 1. The van der Waals surface area contributed by atoms with Gasteiger partial charge in [0.05, 0.1) is 24.0 Å². The van der Waals surface area contributed by atoms with Gasteiger partial charge in [0, 0.05) is 17.6 Å². The maximum Gasteiger partial charge on any atom is 0.230 e. The molecule has 0 saturated carbocycles. The summed E-state index contributed by atoms with van der Waals surface area (Å²) in [4.78, 5) is 25.6. The van der Waals surface area contributed by atoms with E-state index >= 15 is 0 Å². The van der Waals surface area contributed by atoms with Crippen molar-refractivity contribution in [3.8, 4) is 0 Å². The summed E-state index contributed by atoms with van der Waals surface area (Å²) < 4.78 is 3.06. The van der Waals surface area contributed by atoms with Crippen LogP contribution in [0.15, 0.2) is 41.3 Å². The number of aromatic nitrogens is 3. The van der Waals surface area contributed by atoms with Crippen LogP contribution in [0.2, 0.25) is 0 Å². The van der Waals surface area contributed by atoms with Gasteiger partial charge in [0.15, 0.2) is 0 Å². The van der Waals surface area contributed by atoms with Gasteiger partial charge in [-0.1, -0.05) is 19.9 Å². The summed E-state index contributed by atoms with van der Waals surface area (Å²) in [6.45, 7) is 8.17. The third kappa shape index (κ3) is 4.22. The maximum atomic E-state index is 13.0. The van der Waals surface area contributed by atoms with Crippen molar-refractivity contribution in [1.29, 1.82) is 10.8 Å². The molecular weight excluding hydrogens is 380 g/mol. The van der Waals surface area contributed by atoms with Crippen molar-refractivity contribution in [3.05, 3.63) is 63.5 Å². The minimum atomic E-state index is -0.387. The van der Waals surface area contributed by atoms with Crippen LogP contribution in [0.4, 0.5) is 5.69 Å². The number of hydrogen-bond donors (Lipinski definition) is 3. The summed E-state index contributed by atoms with van der Waals surface area (Å²) in [6, 6.07) is 8.84. The van der Waals surface area contributed by atoms with Gasteiger partial charge in [-0.15, -0.1) is 0 Å². The minimum Gasteiger partial charge on any atom is -0.324 e. The average Bonchev–Trinajstić information content (AvgIpc) is 2.70. The lowest BCUT2D eigenvalue weighted by Crippen LogP contribution is -2.26. The van der Waals surface area contributed by atoms with Crippen molar-refractivity contribution in [2.24, 2.45) is 0 Å². The number of pyridine rings is 1. The first-order valence-electron chi connectivity index (χ1n) is 9.83. The van der Waals surface area contributed by atoms with Crippen LogP contribution in [-0.2, 0) is 11.2 Å². The van der Waals surface area contributed by atoms with Crippen molar-refractivity contribution >= 4 is 28.8 Å². The van der Waals surface area contributed by atoms with Gasteiger partial charge in [-0.3, -0.25) is 29.7 Å². The van der Waals surface area contributed by atoms with E-state index in [0.717, 1.165) is 17.4 Å². The van der Waals surface area contributed by atoms with Crippen LogP contribution in [-0.4, -0.2) is 26.6 Å². The van der Waals surface area contributed by atoms with E-state index in [1.165, 1.54) is 16.8 Å². The minimum absolute atomic E-state index is 0.0217. The first-order chi connectivity index (χ1) is 14.2. The standard InChI is InChI=1S/C22H26N6O2/c1-13(2)15-5-7-17-19(9-15)28(14(3)4)26-18(22(17)30)10-21(29)25-16-6-8-20(24)27(11-16)12-23/h5-9,11-14,23-24H,10H2,1-4H3,(H,25,29). The van der Waals surface area contributed by atoms with Crippen molar-refractivity contribution < 1.29 is 4.79 Å². The summed E-state index contributed by atoms with van der Waals surface area (Å²) in [5.41, 5.74) is 2.39. The van der Waals surface area contributed by atoms with E-state index in [4.69, 9.17) is 10.8 Å². The second-order valence-electron chi connectivity index (χ2n) is 7.81. The number of amides is 1. The normalized spacial score (nSPS) is 11.3. The summed E-state index contributed by atoms with van der Waals surface area (Å²) >= 11 is 0. The van der Waals surface area contributed by atoms with Crippen LogP contribution in [0.3, 0.4) is 0 Å². The van der Waals surface area contributed by atoms with Crippen molar-refractivity contribution in [2.45, 2.75) is 46.1 Å². The highest BCUT2D eigenvalue weighted by Crippen LogP contribution is 2.21. The molecule has 3 rings (SSSR count). The summed E-state index contributed by atoms with van der Waals surface area (Å²) in [5.74, 6) is -0.0586. The molecule has 0 aliphatic carbocycles. The van der Waals surface area contributed by atoms with Crippen molar-refractivity contribution in [1.82, 2.24) is 14.3 Å². The summed E-state index contributed by atoms with van der Waals surface area (Å²) in [6.07, 6.45) is 2.29. The SMILES string of the molecule is CC(C)c1ccc2c(=O)c(CC(=O)Nc3ccc(=N)n(C=N)c3)nn(C(C)C)c2c1. The van der Waals surface area contributed by atoms with Gasteiger partial charge in [-0.2, -0.15) is 5.10 Å². The Bertz CT molecular complexity index is 1240. The highest BCUT2D eigenvalue weighted by atomic mass is 16.1. The van der Waals surface area contributed by atoms with Gasteiger partial charge in [0.1, 0.15) is 11.2 Å². The molecule has 3 N–H and O–H groups in total. The molecule has 0 unspecified atom stereocenters. The van der Waals surface area contributed by atoms with Crippen LogP contribution >= 0.6 is 0 Å². The van der Waals surface area contributed by atoms with Crippen molar-refractivity contribution in [2.75, 3.05) is 5.32 Å². The van der Waals surface area contributed by atoms with Crippen LogP contribution in [0, 0.1) is 10.8 Å². The Morgan fingerprint density at radius 1 is 1.20 bits per heavy atom. The molecule has 0 saturated heterocycles. The Balaban J connectivity index is 1.97. The number of anilines is 1. The van der Waals surface area contributed by atoms with Gasteiger partial charge < -0.3 is 5.32 Å². The third-order valence-corrected chi connectivity index (χ3v) is 4.89. The molecule has 2 aromatic heterocycles. The molecule has 0 atom stereocenters. The van der Waals surface area contributed by atoms with Gasteiger partial charge in [-0.05, 0) is 49.6 Å². The van der Waals surface area contributed by atoms with E-state index in [1.807, 2.05) is 32.0 Å². The quantitative estimate of drug-likeness (QED) is 0.431. The Labute approximate surface area is 174 Å². The number of nitrogens with one attached hydrogen (secondary N) is 3.